The van der Waals surface area contributed by atoms with Crippen molar-refractivity contribution in [1.29, 1.82) is 0 Å². The summed E-state index contributed by atoms with van der Waals surface area (Å²) in [6, 6.07) is 7.52. The maximum absolute atomic E-state index is 13.4. The van der Waals surface area contributed by atoms with Crippen LogP contribution < -0.4 is 20.1 Å². The van der Waals surface area contributed by atoms with Gasteiger partial charge in [-0.05, 0) is 31.2 Å². The number of nitro benzene ring substituents is 1. The van der Waals surface area contributed by atoms with Crippen LogP contribution in [0.15, 0.2) is 36.4 Å². The number of amides is 1. The second-order valence-corrected chi connectivity index (χ2v) is 5.34. The van der Waals surface area contributed by atoms with E-state index >= 15 is 0 Å². The van der Waals surface area contributed by atoms with Gasteiger partial charge in [-0.15, -0.1) is 0 Å². The maximum Gasteiger partial charge on any atom is 0.306 e. The van der Waals surface area contributed by atoms with E-state index in [4.69, 9.17) is 9.47 Å². The van der Waals surface area contributed by atoms with Crippen molar-refractivity contribution in [3.63, 3.8) is 0 Å². The highest BCUT2D eigenvalue weighted by Gasteiger charge is 2.18. The molecule has 8 nitrogen and oxygen atoms in total. The zero-order chi connectivity index (χ0) is 19.3. The molecule has 0 unspecified atom stereocenters. The van der Waals surface area contributed by atoms with Crippen LogP contribution in [0.1, 0.15) is 6.92 Å². The van der Waals surface area contributed by atoms with Gasteiger partial charge in [0.15, 0.2) is 0 Å². The topological polar surface area (TPSA) is 103 Å². The summed E-state index contributed by atoms with van der Waals surface area (Å²) in [6.07, 6.45) is 0. The molecule has 0 spiro atoms. The summed E-state index contributed by atoms with van der Waals surface area (Å²) in [5, 5.41) is 16.3. The number of anilines is 2. The first-order valence-corrected chi connectivity index (χ1v) is 7.59. The average Bonchev–Trinajstić information content (AvgIpc) is 2.63. The average molecular weight is 363 g/mol. The highest BCUT2D eigenvalue weighted by atomic mass is 19.1. The lowest BCUT2D eigenvalue weighted by Crippen LogP contribution is -2.32. The summed E-state index contributed by atoms with van der Waals surface area (Å²) < 4.78 is 23.7. The normalized spacial score (nSPS) is 11.4. The molecule has 0 fully saturated rings. The molecule has 1 amide bonds. The first-order chi connectivity index (χ1) is 12.3. The van der Waals surface area contributed by atoms with Crippen LogP contribution in [0.3, 0.4) is 0 Å². The molecule has 2 aromatic rings. The first kappa shape index (κ1) is 19.0. The SMILES string of the molecule is COc1ccc(N[C@H](C)C(=O)Nc2ccc(F)c([N+](=O)[O-])c2)c(OC)c1. The number of rotatable bonds is 7. The lowest BCUT2D eigenvalue weighted by atomic mass is 10.2. The van der Waals surface area contributed by atoms with Gasteiger partial charge >= 0.3 is 5.69 Å². The Kier molecular flexibility index (Phi) is 5.94. The summed E-state index contributed by atoms with van der Waals surface area (Å²) in [5.41, 5.74) is -0.0141. The van der Waals surface area contributed by atoms with Crippen LogP contribution >= 0.6 is 0 Å². The van der Waals surface area contributed by atoms with Crippen LogP contribution in [0.2, 0.25) is 0 Å². The Labute approximate surface area is 149 Å². The fourth-order valence-electron chi connectivity index (χ4n) is 2.20. The minimum atomic E-state index is -0.970. The van der Waals surface area contributed by atoms with Gasteiger partial charge in [-0.25, -0.2) is 0 Å². The monoisotopic (exact) mass is 363 g/mol. The first-order valence-electron chi connectivity index (χ1n) is 7.59. The molecule has 0 saturated carbocycles. The molecule has 26 heavy (non-hydrogen) atoms. The van der Waals surface area contributed by atoms with E-state index in [1.54, 1.807) is 25.1 Å². The van der Waals surface area contributed by atoms with Gasteiger partial charge in [0.2, 0.25) is 11.7 Å². The van der Waals surface area contributed by atoms with E-state index in [-0.39, 0.29) is 5.69 Å². The standard InChI is InChI=1S/C17H18FN3O5/c1-10(19-14-7-5-12(25-2)9-16(14)26-3)17(22)20-11-4-6-13(18)15(8-11)21(23)24/h4-10,19H,1-3H3,(H,20,22)/t10-/m1/s1. The lowest BCUT2D eigenvalue weighted by molar-refractivity contribution is -0.387. The van der Waals surface area contributed by atoms with E-state index in [2.05, 4.69) is 10.6 Å². The number of nitro groups is 1. The number of nitrogens with one attached hydrogen (secondary N) is 2. The molecular weight excluding hydrogens is 345 g/mol. The van der Waals surface area contributed by atoms with Gasteiger partial charge in [0.05, 0.1) is 24.8 Å². The number of carbonyl (C=O) groups is 1. The van der Waals surface area contributed by atoms with Gasteiger partial charge in [-0.1, -0.05) is 0 Å². The number of nitrogens with zero attached hydrogens (tertiary/aromatic N) is 1. The third-order valence-electron chi connectivity index (χ3n) is 3.58. The molecule has 138 valence electrons. The molecule has 2 N–H and O–H groups in total. The van der Waals surface area contributed by atoms with Crippen LogP contribution in [-0.2, 0) is 4.79 Å². The Morgan fingerprint density at radius 2 is 1.92 bits per heavy atom. The van der Waals surface area contributed by atoms with Crippen molar-refractivity contribution in [3.05, 3.63) is 52.3 Å². The van der Waals surface area contributed by atoms with Crippen LogP contribution in [0, 0.1) is 15.9 Å². The third kappa shape index (κ3) is 4.38. The Bertz CT molecular complexity index is 828. The van der Waals surface area contributed by atoms with E-state index in [9.17, 15) is 19.3 Å². The van der Waals surface area contributed by atoms with E-state index < -0.39 is 28.4 Å². The second-order valence-electron chi connectivity index (χ2n) is 5.34. The molecule has 0 saturated heterocycles. The van der Waals surface area contributed by atoms with Crippen molar-refractivity contribution >= 4 is 23.0 Å². The molecule has 2 rings (SSSR count). The quantitative estimate of drug-likeness (QED) is 0.578. The van der Waals surface area contributed by atoms with Crippen molar-refractivity contribution in [1.82, 2.24) is 0 Å². The third-order valence-corrected chi connectivity index (χ3v) is 3.58. The summed E-state index contributed by atoms with van der Waals surface area (Å²) in [6.45, 7) is 1.61. The molecule has 0 bridgehead atoms. The van der Waals surface area contributed by atoms with Crippen LogP contribution in [0.5, 0.6) is 11.5 Å². The van der Waals surface area contributed by atoms with Crippen molar-refractivity contribution in [2.75, 3.05) is 24.9 Å². The molecule has 0 aromatic heterocycles. The highest BCUT2D eigenvalue weighted by molar-refractivity contribution is 5.96. The number of methoxy groups -OCH3 is 2. The Morgan fingerprint density at radius 3 is 2.54 bits per heavy atom. The van der Waals surface area contributed by atoms with Crippen molar-refractivity contribution < 1.29 is 23.6 Å². The number of ether oxygens (including phenoxy) is 2. The van der Waals surface area contributed by atoms with E-state index in [0.717, 1.165) is 12.1 Å². The van der Waals surface area contributed by atoms with Gasteiger partial charge in [0.1, 0.15) is 17.5 Å². The number of hydrogen-bond acceptors (Lipinski definition) is 6. The van der Waals surface area contributed by atoms with Crippen LogP contribution in [-0.4, -0.2) is 31.1 Å². The summed E-state index contributed by atoms with van der Waals surface area (Å²) in [5.74, 6) is -0.338. The predicted octanol–water partition coefficient (Wildman–Crippen LogP) is 3.19. The zero-order valence-corrected chi connectivity index (χ0v) is 14.4. The van der Waals surface area contributed by atoms with Crippen molar-refractivity contribution in [3.8, 4) is 11.5 Å². The van der Waals surface area contributed by atoms with Gasteiger partial charge in [-0.2, -0.15) is 4.39 Å². The largest absolute Gasteiger partial charge is 0.497 e. The predicted molar refractivity (Wildman–Crippen MR) is 94.3 cm³/mol. The molecular formula is C17H18FN3O5. The molecule has 0 heterocycles. The van der Waals surface area contributed by atoms with Crippen molar-refractivity contribution in [2.24, 2.45) is 0 Å². The Balaban J connectivity index is 2.11. The van der Waals surface area contributed by atoms with Gasteiger partial charge in [0.25, 0.3) is 0 Å². The van der Waals surface area contributed by atoms with Gasteiger partial charge < -0.3 is 20.1 Å². The minimum absolute atomic E-state index is 0.124. The lowest BCUT2D eigenvalue weighted by Gasteiger charge is -2.18. The molecule has 9 heteroatoms. The van der Waals surface area contributed by atoms with E-state index in [1.165, 1.54) is 20.3 Å². The van der Waals surface area contributed by atoms with E-state index in [1.807, 2.05) is 0 Å². The summed E-state index contributed by atoms with van der Waals surface area (Å²) in [4.78, 5) is 22.2. The Hall–Kier alpha value is -3.36. The molecule has 1 atom stereocenters. The number of hydrogen-bond donors (Lipinski definition) is 2. The van der Waals surface area contributed by atoms with Gasteiger partial charge in [0, 0.05) is 17.8 Å². The molecule has 0 radical (unpaired) electrons. The molecule has 0 aliphatic rings. The summed E-state index contributed by atoms with van der Waals surface area (Å²) >= 11 is 0. The molecule has 0 aliphatic heterocycles. The fourth-order valence-corrected chi connectivity index (χ4v) is 2.20. The number of carbonyl (C=O) groups excluding carboxylic acids is 1. The second kappa shape index (κ2) is 8.15. The van der Waals surface area contributed by atoms with Crippen LogP contribution in [0.4, 0.5) is 21.5 Å². The zero-order valence-electron chi connectivity index (χ0n) is 14.4. The smallest absolute Gasteiger partial charge is 0.306 e. The van der Waals surface area contributed by atoms with Crippen molar-refractivity contribution in [2.45, 2.75) is 13.0 Å². The van der Waals surface area contributed by atoms with E-state index in [0.29, 0.717) is 17.2 Å². The highest BCUT2D eigenvalue weighted by Crippen LogP contribution is 2.29. The maximum atomic E-state index is 13.4. The van der Waals surface area contributed by atoms with Gasteiger partial charge in [-0.3, -0.25) is 14.9 Å². The Morgan fingerprint density at radius 1 is 1.19 bits per heavy atom. The number of halogens is 1. The van der Waals surface area contributed by atoms with Crippen LogP contribution in [0.25, 0.3) is 0 Å². The fraction of sp³-hybridized carbons (Fsp3) is 0.235. The number of benzene rings is 2. The summed E-state index contributed by atoms with van der Waals surface area (Å²) in [7, 11) is 3.02. The molecule has 0 aliphatic carbocycles. The minimum Gasteiger partial charge on any atom is -0.497 e. The molecule has 2 aromatic carbocycles.